The minimum atomic E-state index is -0.298. The minimum absolute atomic E-state index is 0.115. The molecule has 0 saturated carbocycles. The second-order valence-electron chi connectivity index (χ2n) is 4.99. The maximum atomic E-state index is 12.8. The summed E-state index contributed by atoms with van der Waals surface area (Å²) in [5, 5.41) is 6.02. The molecule has 1 atom stereocenters. The van der Waals surface area contributed by atoms with Crippen LogP contribution in [0.5, 0.6) is 0 Å². The molecule has 0 fully saturated rings. The molecule has 0 radical (unpaired) electrons. The van der Waals surface area contributed by atoms with Gasteiger partial charge in [0.2, 0.25) is 5.91 Å². The zero-order valence-electron chi connectivity index (χ0n) is 12.2. The Kier molecular flexibility index (Phi) is 5.06. The Labute approximate surface area is 124 Å². The Morgan fingerprint density at radius 1 is 1.19 bits per heavy atom. The fourth-order valence-electron chi connectivity index (χ4n) is 2.05. The molecule has 2 aromatic carbocycles. The number of benzene rings is 2. The highest BCUT2D eigenvalue weighted by molar-refractivity contribution is 5.92. The molecule has 3 nitrogen and oxygen atoms in total. The van der Waals surface area contributed by atoms with E-state index >= 15 is 0 Å². The van der Waals surface area contributed by atoms with Gasteiger partial charge in [-0.15, -0.1) is 0 Å². The first-order valence-electron chi connectivity index (χ1n) is 6.90. The third kappa shape index (κ3) is 4.39. The zero-order valence-corrected chi connectivity index (χ0v) is 12.2. The quantitative estimate of drug-likeness (QED) is 0.885. The molecule has 1 amide bonds. The van der Waals surface area contributed by atoms with Crippen LogP contribution in [-0.4, -0.2) is 13.0 Å². The molecular formula is C17H19FN2O. The maximum Gasteiger partial charge on any atom is 0.228 e. The van der Waals surface area contributed by atoms with Crippen LogP contribution in [0.15, 0.2) is 48.5 Å². The molecule has 2 rings (SSSR count). The molecule has 2 aromatic rings. The molecule has 1 unspecified atom stereocenters. The van der Waals surface area contributed by atoms with E-state index in [0.717, 1.165) is 16.8 Å². The third-order valence-corrected chi connectivity index (χ3v) is 3.38. The van der Waals surface area contributed by atoms with Gasteiger partial charge in [0.25, 0.3) is 0 Å². The Morgan fingerprint density at radius 3 is 2.57 bits per heavy atom. The van der Waals surface area contributed by atoms with Crippen LogP contribution in [0.2, 0.25) is 0 Å². The summed E-state index contributed by atoms with van der Waals surface area (Å²) in [5.41, 5.74) is 2.66. The number of halogens is 1. The number of hydrogen-bond donors (Lipinski definition) is 2. The van der Waals surface area contributed by atoms with Crippen molar-refractivity contribution in [2.24, 2.45) is 0 Å². The van der Waals surface area contributed by atoms with Gasteiger partial charge >= 0.3 is 0 Å². The molecule has 21 heavy (non-hydrogen) atoms. The van der Waals surface area contributed by atoms with Gasteiger partial charge in [0, 0.05) is 11.7 Å². The first kappa shape index (κ1) is 15.2. The summed E-state index contributed by atoms with van der Waals surface area (Å²) in [4.78, 5) is 12.0. The fraction of sp³-hybridized carbons (Fsp3) is 0.235. The number of hydrogen-bond acceptors (Lipinski definition) is 2. The molecular weight excluding hydrogens is 267 g/mol. The van der Waals surface area contributed by atoms with Gasteiger partial charge in [0.1, 0.15) is 5.82 Å². The van der Waals surface area contributed by atoms with Crippen molar-refractivity contribution in [2.45, 2.75) is 19.4 Å². The van der Waals surface area contributed by atoms with Gasteiger partial charge in [-0.1, -0.05) is 24.3 Å². The average Bonchev–Trinajstić information content (AvgIpc) is 2.49. The van der Waals surface area contributed by atoms with E-state index in [0.29, 0.717) is 0 Å². The van der Waals surface area contributed by atoms with Crippen molar-refractivity contribution < 1.29 is 9.18 Å². The van der Waals surface area contributed by atoms with E-state index in [1.54, 1.807) is 12.1 Å². The smallest absolute Gasteiger partial charge is 0.228 e. The number of rotatable bonds is 5. The lowest BCUT2D eigenvalue weighted by atomic mass is 10.1. The summed E-state index contributed by atoms with van der Waals surface area (Å²) in [6, 6.07) is 13.9. The van der Waals surface area contributed by atoms with Crippen molar-refractivity contribution >= 4 is 11.6 Å². The van der Waals surface area contributed by atoms with Gasteiger partial charge in [-0.2, -0.15) is 0 Å². The van der Waals surface area contributed by atoms with Crippen molar-refractivity contribution in [1.29, 1.82) is 0 Å². The highest BCUT2D eigenvalue weighted by Gasteiger charge is 2.07. The molecule has 0 aliphatic rings. The molecule has 0 aliphatic carbocycles. The van der Waals surface area contributed by atoms with E-state index in [4.69, 9.17) is 0 Å². The van der Waals surface area contributed by atoms with Crippen LogP contribution >= 0.6 is 0 Å². The first-order chi connectivity index (χ1) is 10.1. The Morgan fingerprint density at radius 2 is 1.90 bits per heavy atom. The number of carbonyl (C=O) groups is 1. The van der Waals surface area contributed by atoms with Crippen LogP contribution in [0.25, 0.3) is 0 Å². The van der Waals surface area contributed by atoms with Gasteiger partial charge < -0.3 is 10.6 Å². The summed E-state index contributed by atoms with van der Waals surface area (Å²) in [7, 11) is 1.89. The normalized spacial score (nSPS) is 12.0. The SMILES string of the molecule is CNC(C)c1cccc(NC(=O)Cc2ccc(F)cc2)c1. The molecule has 0 saturated heterocycles. The van der Waals surface area contributed by atoms with Gasteiger partial charge in [0.05, 0.1) is 6.42 Å². The van der Waals surface area contributed by atoms with E-state index < -0.39 is 0 Å². The highest BCUT2D eigenvalue weighted by Crippen LogP contribution is 2.17. The van der Waals surface area contributed by atoms with E-state index in [9.17, 15) is 9.18 Å². The lowest BCUT2D eigenvalue weighted by Crippen LogP contribution is -2.16. The molecule has 0 heterocycles. The number of anilines is 1. The van der Waals surface area contributed by atoms with E-state index in [2.05, 4.69) is 17.6 Å². The largest absolute Gasteiger partial charge is 0.326 e. The van der Waals surface area contributed by atoms with Crippen molar-refractivity contribution in [2.75, 3.05) is 12.4 Å². The van der Waals surface area contributed by atoms with Crippen molar-refractivity contribution in [3.05, 3.63) is 65.5 Å². The number of carbonyl (C=O) groups excluding carboxylic acids is 1. The third-order valence-electron chi connectivity index (χ3n) is 3.38. The summed E-state index contributed by atoms with van der Waals surface area (Å²) in [6.07, 6.45) is 0.228. The monoisotopic (exact) mass is 286 g/mol. The van der Waals surface area contributed by atoms with Crippen molar-refractivity contribution in [3.8, 4) is 0 Å². The Hall–Kier alpha value is -2.20. The number of nitrogens with one attached hydrogen (secondary N) is 2. The molecule has 0 bridgehead atoms. The molecule has 2 N–H and O–H groups in total. The van der Waals surface area contributed by atoms with Gasteiger partial charge in [-0.25, -0.2) is 4.39 Å². The highest BCUT2D eigenvalue weighted by atomic mass is 19.1. The Bertz CT molecular complexity index is 610. The summed E-state index contributed by atoms with van der Waals surface area (Å²) in [6.45, 7) is 2.06. The first-order valence-corrected chi connectivity index (χ1v) is 6.90. The van der Waals surface area contributed by atoms with Crippen LogP contribution in [0.1, 0.15) is 24.1 Å². The van der Waals surface area contributed by atoms with E-state index in [1.165, 1.54) is 12.1 Å². The molecule has 110 valence electrons. The van der Waals surface area contributed by atoms with Gasteiger partial charge in [-0.3, -0.25) is 4.79 Å². The molecule has 4 heteroatoms. The van der Waals surface area contributed by atoms with Gasteiger partial charge in [0.15, 0.2) is 0 Å². The average molecular weight is 286 g/mol. The van der Waals surface area contributed by atoms with Crippen LogP contribution in [0.4, 0.5) is 10.1 Å². The molecule has 0 aromatic heterocycles. The summed E-state index contributed by atoms with van der Waals surface area (Å²) >= 11 is 0. The predicted molar refractivity (Wildman–Crippen MR) is 82.7 cm³/mol. The minimum Gasteiger partial charge on any atom is -0.326 e. The predicted octanol–water partition coefficient (Wildman–Crippen LogP) is 3.29. The topological polar surface area (TPSA) is 41.1 Å². The standard InChI is InChI=1S/C17H19FN2O/c1-12(19-2)14-4-3-5-16(11-14)20-17(21)10-13-6-8-15(18)9-7-13/h3-9,11-12,19H,10H2,1-2H3,(H,20,21). The van der Waals surface area contributed by atoms with Crippen molar-refractivity contribution in [1.82, 2.24) is 5.32 Å². The lowest BCUT2D eigenvalue weighted by molar-refractivity contribution is -0.115. The second kappa shape index (κ2) is 6.99. The van der Waals surface area contributed by atoms with Gasteiger partial charge in [-0.05, 0) is 49.4 Å². The molecule has 0 spiro atoms. The van der Waals surface area contributed by atoms with Crippen LogP contribution in [-0.2, 0) is 11.2 Å². The summed E-state index contributed by atoms with van der Waals surface area (Å²) < 4.78 is 12.8. The van der Waals surface area contributed by atoms with Crippen molar-refractivity contribution in [3.63, 3.8) is 0 Å². The number of amides is 1. The summed E-state index contributed by atoms with van der Waals surface area (Å²) in [5.74, 6) is -0.413. The lowest BCUT2D eigenvalue weighted by Gasteiger charge is -2.12. The fourth-order valence-corrected chi connectivity index (χ4v) is 2.05. The zero-order chi connectivity index (χ0) is 15.2. The Balaban J connectivity index is 2.01. The molecule has 0 aliphatic heterocycles. The van der Waals surface area contributed by atoms with Crippen LogP contribution < -0.4 is 10.6 Å². The van der Waals surface area contributed by atoms with E-state index in [1.807, 2.05) is 31.3 Å². The van der Waals surface area contributed by atoms with E-state index in [-0.39, 0.29) is 24.2 Å². The maximum absolute atomic E-state index is 12.8. The van der Waals surface area contributed by atoms with Crippen LogP contribution in [0.3, 0.4) is 0 Å². The van der Waals surface area contributed by atoms with Crippen LogP contribution in [0, 0.1) is 5.82 Å². The second-order valence-corrected chi connectivity index (χ2v) is 4.99.